The molecule has 0 aromatic rings. The molecule has 0 aliphatic heterocycles. The lowest BCUT2D eigenvalue weighted by atomic mass is 10.1. The SMILES string of the molecule is C=C1CC[C@@H](C(=O)OC(C)(C)C)C1. The molecule has 0 amide bonds. The van der Waals surface area contributed by atoms with Gasteiger partial charge in [-0.2, -0.15) is 0 Å². The Labute approximate surface area is 80.0 Å². The van der Waals surface area contributed by atoms with Gasteiger partial charge in [0.15, 0.2) is 0 Å². The summed E-state index contributed by atoms with van der Waals surface area (Å²) in [7, 11) is 0. The summed E-state index contributed by atoms with van der Waals surface area (Å²) in [6, 6.07) is 0. The molecule has 1 saturated carbocycles. The van der Waals surface area contributed by atoms with E-state index in [4.69, 9.17) is 4.74 Å². The summed E-state index contributed by atoms with van der Waals surface area (Å²) in [5.74, 6) is -0.00197. The fourth-order valence-electron chi connectivity index (χ4n) is 1.52. The summed E-state index contributed by atoms with van der Waals surface area (Å²) in [6.07, 6.45) is 2.70. The highest BCUT2D eigenvalue weighted by atomic mass is 16.6. The topological polar surface area (TPSA) is 26.3 Å². The molecular formula is C11H18O2. The number of hydrogen-bond acceptors (Lipinski definition) is 2. The third-order valence-corrected chi connectivity index (χ3v) is 2.12. The third-order valence-electron chi connectivity index (χ3n) is 2.12. The molecule has 0 bridgehead atoms. The minimum absolute atomic E-state index is 0.0618. The summed E-state index contributed by atoms with van der Waals surface area (Å²) in [5, 5.41) is 0. The second-order valence-electron chi connectivity index (χ2n) is 4.72. The van der Waals surface area contributed by atoms with Crippen LogP contribution in [0, 0.1) is 5.92 Å². The van der Waals surface area contributed by atoms with E-state index in [1.165, 1.54) is 5.57 Å². The van der Waals surface area contributed by atoms with E-state index in [1.54, 1.807) is 0 Å². The number of carbonyl (C=O) groups excluding carboxylic acids is 1. The first-order valence-electron chi connectivity index (χ1n) is 4.78. The van der Waals surface area contributed by atoms with Gasteiger partial charge in [-0.3, -0.25) is 4.79 Å². The average molecular weight is 182 g/mol. The predicted octanol–water partition coefficient (Wildman–Crippen LogP) is 2.68. The van der Waals surface area contributed by atoms with Crippen LogP contribution < -0.4 is 0 Å². The maximum atomic E-state index is 11.5. The highest BCUT2D eigenvalue weighted by Crippen LogP contribution is 2.30. The molecule has 1 aliphatic carbocycles. The summed E-state index contributed by atoms with van der Waals surface area (Å²) >= 11 is 0. The first-order valence-corrected chi connectivity index (χ1v) is 4.78. The molecule has 0 aromatic carbocycles. The van der Waals surface area contributed by atoms with Crippen LogP contribution in [0.5, 0.6) is 0 Å². The highest BCUT2D eigenvalue weighted by molar-refractivity contribution is 5.73. The smallest absolute Gasteiger partial charge is 0.309 e. The lowest BCUT2D eigenvalue weighted by Gasteiger charge is -2.21. The minimum Gasteiger partial charge on any atom is -0.460 e. The molecule has 0 aromatic heterocycles. The predicted molar refractivity (Wildman–Crippen MR) is 52.3 cm³/mol. The van der Waals surface area contributed by atoms with E-state index in [0.717, 1.165) is 19.3 Å². The molecule has 74 valence electrons. The van der Waals surface area contributed by atoms with Gasteiger partial charge in [0.05, 0.1) is 5.92 Å². The van der Waals surface area contributed by atoms with Crippen LogP contribution in [-0.2, 0) is 9.53 Å². The van der Waals surface area contributed by atoms with E-state index in [9.17, 15) is 4.79 Å². The Morgan fingerprint density at radius 3 is 2.54 bits per heavy atom. The van der Waals surface area contributed by atoms with Crippen LogP contribution in [-0.4, -0.2) is 11.6 Å². The van der Waals surface area contributed by atoms with Crippen molar-refractivity contribution in [1.82, 2.24) is 0 Å². The van der Waals surface area contributed by atoms with Crippen LogP contribution in [0.1, 0.15) is 40.0 Å². The normalized spacial score (nSPS) is 23.3. The lowest BCUT2D eigenvalue weighted by Crippen LogP contribution is -2.27. The molecule has 2 nitrogen and oxygen atoms in total. The molecule has 0 heterocycles. The number of carbonyl (C=O) groups is 1. The number of hydrogen-bond donors (Lipinski definition) is 0. The van der Waals surface area contributed by atoms with Crippen molar-refractivity contribution in [2.24, 2.45) is 5.92 Å². The van der Waals surface area contributed by atoms with E-state index in [-0.39, 0.29) is 17.5 Å². The summed E-state index contributed by atoms with van der Waals surface area (Å²) in [4.78, 5) is 11.5. The van der Waals surface area contributed by atoms with Gasteiger partial charge in [0.2, 0.25) is 0 Å². The fourth-order valence-corrected chi connectivity index (χ4v) is 1.52. The zero-order valence-electron chi connectivity index (χ0n) is 8.72. The molecule has 1 fully saturated rings. The monoisotopic (exact) mass is 182 g/mol. The van der Waals surface area contributed by atoms with Crippen molar-refractivity contribution < 1.29 is 9.53 Å². The molecule has 1 aliphatic rings. The van der Waals surface area contributed by atoms with E-state index >= 15 is 0 Å². The molecular weight excluding hydrogens is 164 g/mol. The Hall–Kier alpha value is -0.790. The summed E-state index contributed by atoms with van der Waals surface area (Å²) in [6.45, 7) is 9.57. The van der Waals surface area contributed by atoms with Gasteiger partial charge in [0.25, 0.3) is 0 Å². The van der Waals surface area contributed by atoms with Gasteiger partial charge in [-0.05, 0) is 40.0 Å². The first-order chi connectivity index (χ1) is 5.88. The quantitative estimate of drug-likeness (QED) is 0.460. The van der Waals surface area contributed by atoms with Gasteiger partial charge < -0.3 is 4.74 Å². The van der Waals surface area contributed by atoms with Crippen LogP contribution in [0.15, 0.2) is 12.2 Å². The average Bonchev–Trinajstić information content (AvgIpc) is 2.31. The fraction of sp³-hybridized carbons (Fsp3) is 0.727. The zero-order chi connectivity index (χ0) is 10.1. The summed E-state index contributed by atoms with van der Waals surface area (Å²) in [5.41, 5.74) is 0.817. The summed E-state index contributed by atoms with van der Waals surface area (Å²) < 4.78 is 5.29. The molecule has 0 radical (unpaired) electrons. The van der Waals surface area contributed by atoms with Crippen LogP contribution in [0.3, 0.4) is 0 Å². The number of ether oxygens (including phenoxy) is 1. The lowest BCUT2D eigenvalue weighted by molar-refractivity contribution is -0.159. The van der Waals surface area contributed by atoms with Gasteiger partial charge in [0, 0.05) is 0 Å². The van der Waals surface area contributed by atoms with Gasteiger partial charge in [-0.1, -0.05) is 12.2 Å². The second kappa shape index (κ2) is 3.52. The third kappa shape index (κ3) is 3.21. The first kappa shape index (κ1) is 10.3. The van der Waals surface area contributed by atoms with Gasteiger partial charge in [0.1, 0.15) is 5.60 Å². The zero-order valence-corrected chi connectivity index (χ0v) is 8.72. The Morgan fingerprint density at radius 1 is 1.54 bits per heavy atom. The van der Waals surface area contributed by atoms with Gasteiger partial charge >= 0.3 is 5.97 Å². The van der Waals surface area contributed by atoms with Crippen LogP contribution in [0.25, 0.3) is 0 Å². The van der Waals surface area contributed by atoms with E-state index in [0.29, 0.717) is 0 Å². The van der Waals surface area contributed by atoms with Crippen molar-refractivity contribution in [2.75, 3.05) is 0 Å². The van der Waals surface area contributed by atoms with Crippen LogP contribution >= 0.6 is 0 Å². The van der Waals surface area contributed by atoms with E-state index in [2.05, 4.69) is 6.58 Å². The number of esters is 1. The van der Waals surface area contributed by atoms with Gasteiger partial charge in [-0.15, -0.1) is 0 Å². The molecule has 2 heteroatoms. The maximum Gasteiger partial charge on any atom is 0.309 e. The van der Waals surface area contributed by atoms with Crippen molar-refractivity contribution in [1.29, 1.82) is 0 Å². The van der Waals surface area contributed by atoms with Crippen molar-refractivity contribution in [3.8, 4) is 0 Å². The number of allylic oxidation sites excluding steroid dienone is 1. The molecule has 0 unspecified atom stereocenters. The van der Waals surface area contributed by atoms with E-state index in [1.807, 2.05) is 20.8 Å². The molecule has 0 saturated heterocycles. The largest absolute Gasteiger partial charge is 0.460 e. The second-order valence-corrected chi connectivity index (χ2v) is 4.72. The van der Waals surface area contributed by atoms with Crippen LogP contribution in [0.2, 0.25) is 0 Å². The molecule has 13 heavy (non-hydrogen) atoms. The van der Waals surface area contributed by atoms with Crippen molar-refractivity contribution in [3.05, 3.63) is 12.2 Å². The molecule has 1 atom stereocenters. The van der Waals surface area contributed by atoms with Crippen molar-refractivity contribution >= 4 is 5.97 Å². The highest BCUT2D eigenvalue weighted by Gasteiger charge is 2.29. The van der Waals surface area contributed by atoms with Crippen LogP contribution in [0.4, 0.5) is 0 Å². The van der Waals surface area contributed by atoms with Gasteiger partial charge in [-0.25, -0.2) is 0 Å². The van der Waals surface area contributed by atoms with E-state index < -0.39 is 0 Å². The standard InChI is InChI=1S/C11H18O2/c1-8-5-6-9(7-8)10(12)13-11(2,3)4/h9H,1,5-7H2,2-4H3/t9-/m1/s1. The Bertz CT molecular complexity index is 223. The number of rotatable bonds is 1. The Balaban J connectivity index is 2.45. The van der Waals surface area contributed by atoms with Crippen molar-refractivity contribution in [2.45, 2.75) is 45.6 Å². The molecule has 0 N–H and O–H groups in total. The molecule has 1 rings (SSSR count). The molecule has 0 spiro atoms. The Morgan fingerprint density at radius 2 is 2.15 bits per heavy atom. The van der Waals surface area contributed by atoms with Crippen molar-refractivity contribution in [3.63, 3.8) is 0 Å². The maximum absolute atomic E-state index is 11.5. The minimum atomic E-state index is -0.360. The Kier molecular flexibility index (Phi) is 2.79.